The zero-order chi connectivity index (χ0) is 21.6. The summed E-state index contributed by atoms with van der Waals surface area (Å²) in [5.41, 5.74) is 0. The van der Waals surface area contributed by atoms with Crippen molar-refractivity contribution >= 4 is 58.6 Å². The van der Waals surface area contributed by atoms with Crippen LogP contribution >= 0.6 is 34.8 Å². The summed E-state index contributed by atoms with van der Waals surface area (Å²) in [6.07, 6.45) is -4.83. The van der Waals surface area contributed by atoms with E-state index in [4.69, 9.17) is 58.5 Å². The Hall–Kier alpha value is -1.33. The molecule has 0 unspecified atom stereocenters. The largest absolute Gasteiger partial charge is 0.463 e. The molecule has 1 rings (SSSR count). The summed E-state index contributed by atoms with van der Waals surface area (Å²) in [6, 6.07) is -1.21. The first-order valence-corrected chi connectivity index (χ1v) is 9.04. The van der Waals surface area contributed by atoms with Crippen LogP contribution in [0.25, 0.3) is 0 Å². The number of hydrogen-bond acceptors (Lipinski definition) is 9. The molecule has 0 aromatic heterocycles. The van der Waals surface area contributed by atoms with E-state index < -0.39 is 58.3 Å². The summed E-state index contributed by atoms with van der Waals surface area (Å²) in [6.45, 7) is 3.06. The van der Waals surface area contributed by atoms with E-state index >= 15 is 0 Å². The molecule has 0 bridgehead atoms. The van der Waals surface area contributed by atoms with Crippen LogP contribution in [-0.4, -0.2) is 72.0 Å². The van der Waals surface area contributed by atoms with Crippen molar-refractivity contribution in [3.63, 3.8) is 0 Å². The van der Waals surface area contributed by atoms with E-state index in [2.05, 4.69) is 5.32 Å². The van der Waals surface area contributed by atoms with Gasteiger partial charge in [-0.3, -0.25) is 19.2 Å². The number of alkyl halides is 3. The van der Waals surface area contributed by atoms with Crippen LogP contribution in [0, 0.1) is 0 Å². The Morgan fingerprint density at radius 2 is 1.50 bits per heavy atom. The lowest BCUT2D eigenvalue weighted by Gasteiger charge is -2.44. The van der Waals surface area contributed by atoms with E-state index in [1.807, 2.05) is 0 Å². The van der Waals surface area contributed by atoms with Crippen LogP contribution < -0.4 is 5.32 Å². The molecule has 28 heavy (non-hydrogen) atoms. The van der Waals surface area contributed by atoms with Crippen molar-refractivity contribution in [3.05, 3.63) is 0 Å². The van der Waals surface area contributed by atoms with Crippen molar-refractivity contribution < 1.29 is 42.9 Å². The molecule has 1 fully saturated rings. The first-order valence-electron chi connectivity index (χ1n) is 7.90. The van der Waals surface area contributed by atoms with Gasteiger partial charge < -0.3 is 29.0 Å². The molecule has 10 nitrogen and oxygen atoms in total. The summed E-state index contributed by atoms with van der Waals surface area (Å²) in [5, 5.41) is 2.34. The molecule has 0 spiro atoms. The third kappa shape index (κ3) is 7.25. The Morgan fingerprint density at radius 1 is 0.964 bits per heavy atom. The Morgan fingerprint density at radius 3 is 1.93 bits per heavy atom. The minimum Gasteiger partial charge on any atom is -0.463 e. The third-order valence-electron chi connectivity index (χ3n) is 3.49. The summed E-state index contributed by atoms with van der Waals surface area (Å²) < 4.78 is 23.8. The molecule has 1 amide bonds. The van der Waals surface area contributed by atoms with Crippen molar-refractivity contribution in [2.45, 2.75) is 55.2 Å². The summed E-state index contributed by atoms with van der Waals surface area (Å²) in [7, 11) is 1.25. The maximum atomic E-state index is 12.1. The maximum absolute atomic E-state index is 12.1. The number of amides is 1. The molecule has 0 aromatic rings. The normalized spacial score (nSPS) is 27.5. The molecule has 1 heterocycles. The quantitative estimate of drug-likeness (QED) is 0.342. The van der Waals surface area contributed by atoms with Gasteiger partial charge >= 0.3 is 17.9 Å². The number of hydrogen-bond donors (Lipinski definition) is 1. The smallest absolute Gasteiger partial charge is 0.303 e. The molecule has 1 saturated heterocycles. The lowest BCUT2D eigenvalue weighted by atomic mass is 9.96. The Balaban J connectivity index is 3.27. The second-order valence-corrected chi connectivity index (χ2v) is 8.01. The van der Waals surface area contributed by atoms with Crippen LogP contribution in [0.1, 0.15) is 20.8 Å². The number of nitrogens with one attached hydrogen (secondary N) is 1. The van der Waals surface area contributed by atoms with E-state index in [-0.39, 0.29) is 6.61 Å². The highest BCUT2D eigenvalue weighted by molar-refractivity contribution is 6.76. The van der Waals surface area contributed by atoms with Gasteiger partial charge in [0, 0.05) is 27.9 Å². The van der Waals surface area contributed by atoms with Crippen LogP contribution in [0.5, 0.6) is 0 Å². The Labute approximate surface area is 176 Å². The number of methoxy groups -OCH3 is 1. The lowest BCUT2D eigenvalue weighted by Crippen LogP contribution is -2.67. The SMILES string of the molecule is CO[C@H]1O[C@H](COC(C)=O)[C@@H](OC(C)=O)[C@@H](OC(C)=O)[C@H]1NC(=O)C(Cl)(Cl)Cl. The van der Waals surface area contributed by atoms with Gasteiger partial charge in [0.1, 0.15) is 18.8 Å². The predicted octanol–water partition coefficient (Wildman–Crippen LogP) is 0.639. The molecule has 1 N–H and O–H groups in total. The standard InChI is InChI=1S/C15H20Cl3NO9/c1-6(20)25-5-9-11(26-7(2)21)12(27-8(3)22)10(13(24-4)28-9)19-14(23)15(16,17)18/h9-13H,5H2,1-4H3,(H,19,23)/t9-,10-,11-,12+,13+/m1/s1. The third-order valence-corrected chi connectivity index (χ3v) is 4.00. The molecule has 0 saturated carbocycles. The predicted molar refractivity (Wildman–Crippen MR) is 95.6 cm³/mol. The fraction of sp³-hybridized carbons (Fsp3) is 0.733. The minimum atomic E-state index is -2.33. The van der Waals surface area contributed by atoms with Gasteiger partial charge in [-0.05, 0) is 0 Å². The molecule has 160 valence electrons. The average Bonchev–Trinajstić information content (AvgIpc) is 2.54. The van der Waals surface area contributed by atoms with E-state index in [1.165, 1.54) is 14.0 Å². The molecular weight excluding hydrogens is 445 g/mol. The highest BCUT2D eigenvalue weighted by Gasteiger charge is 2.52. The molecule has 0 radical (unpaired) electrons. The average molecular weight is 465 g/mol. The van der Waals surface area contributed by atoms with Crippen LogP contribution in [0.3, 0.4) is 0 Å². The topological polar surface area (TPSA) is 126 Å². The first-order chi connectivity index (χ1) is 12.9. The Bertz CT molecular complexity index is 610. The molecule has 5 atom stereocenters. The van der Waals surface area contributed by atoms with Gasteiger partial charge in [0.05, 0.1) is 0 Å². The molecular formula is C15H20Cl3NO9. The Kier molecular flexibility index (Phi) is 9.22. The van der Waals surface area contributed by atoms with Crippen molar-refractivity contribution in [1.29, 1.82) is 0 Å². The van der Waals surface area contributed by atoms with Gasteiger partial charge in [-0.2, -0.15) is 0 Å². The molecule has 1 aliphatic rings. The van der Waals surface area contributed by atoms with Crippen LogP contribution in [0.2, 0.25) is 0 Å². The minimum absolute atomic E-state index is 0.337. The van der Waals surface area contributed by atoms with Crippen LogP contribution in [0.4, 0.5) is 0 Å². The molecule has 0 aliphatic carbocycles. The molecule has 1 aliphatic heterocycles. The second kappa shape index (κ2) is 10.4. The summed E-state index contributed by atoms with van der Waals surface area (Å²) in [4.78, 5) is 46.4. The number of carbonyl (C=O) groups is 4. The maximum Gasteiger partial charge on any atom is 0.303 e. The molecule has 13 heteroatoms. The van der Waals surface area contributed by atoms with Crippen molar-refractivity contribution in [2.75, 3.05) is 13.7 Å². The zero-order valence-electron chi connectivity index (χ0n) is 15.4. The summed E-state index contributed by atoms with van der Waals surface area (Å²) in [5.74, 6) is -3.15. The van der Waals surface area contributed by atoms with Gasteiger partial charge in [-0.25, -0.2) is 0 Å². The van der Waals surface area contributed by atoms with Gasteiger partial charge in [-0.1, -0.05) is 34.8 Å². The lowest BCUT2D eigenvalue weighted by molar-refractivity contribution is -0.271. The van der Waals surface area contributed by atoms with E-state index in [0.29, 0.717) is 0 Å². The first kappa shape index (κ1) is 24.7. The van der Waals surface area contributed by atoms with Crippen LogP contribution in [0.15, 0.2) is 0 Å². The van der Waals surface area contributed by atoms with Crippen molar-refractivity contribution in [3.8, 4) is 0 Å². The van der Waals surface area contributed by atoms with E-state index in [9.17, 15) is 19.2 Å². The van der Waals surface area contributed by atoms with Gasteiger partial charge in [0.25, 0.3) is 9.70 Å². The van der Waals surface area contributed by atoms with E-state index in [1.54, 1.807) is 0 Å². The van der Waals surface area contributed by atoms with Gasteiger partial charge in [0.15, 0.2) is 18.5 Å². The molecule has 0 aromatic carbocycles. The number of esters is 3. The number of halogens is 3. The number of rotatable bonds is 6. The fourth-order valence-corrected chi connectivity index (χ4v) is 2.65. The fourth-order valence-electron chi connectivity index (χ4n) is 2.49. The zero-order valence-corrected chi connectivity index (χ0v) is 17.7. The van der Waals surface area contributed by atoms with E-state index in [0.717, 1.165) is 13.8 Å². The number of carbonyl (C=O) groups excluding carboxylic acids is 4. The highest BCUT2D eigenvalue weighted by Crippen LogP contribution is 2.30. The second-order valence-electron chi connectivity index (χ2n) is 5.73. The van der Waals surface area contributed by atoms with Crippen LogP contribution in [-0.2, 0) is 42.9 Å². The van der Waals surface area contributed by atoms with Gasteiger partial charge in [-0.15, -0.1) is 0 Å². The number of ether oxygens (including phenoxy) is 5. The van der Waals surface area contributed by atoms with Crippen molar-refractivity contribution in [1.82, 2.24) is 5.32 Å². The van der Waals surface area contributed by atoms with Crippen molar-refractivity contribution in [2.24, 2.45) is 0 Å². The highest BCUT2D eigenvalue weighted by atomic mass is 35.6. The monoisotopic (exact) mass is 463 g/mol. The van der Waals surface area contributed by atoms with Gasteiger partial charge in [0.2, 0.25) is 0 Å². The summed E-state index contributed by atoms with van der Waals surface area (Å²) >= 11 is 16.7.